The Bertz CT molecular complexity index is 1100. The molecule has 1 aliphatic rings. The van der Waals surface area contributed by atoms with Crippen molar-refractivity contribution in [2.45, 2.75) is 12.8 Å². The Labute approximate surface area is 158 Å². The summed E-state index contributed by atoms with van der Waals surface area (Å²) in [6.45, 7) is 0.505. The Morgan fingerprint density at radius 2 is 1.81 bits per heavy atom. The smallest absolute Gasteiger partial charge is 0.255 e. The van der Waals surface area contributed by atoms with Crippen molar-refractivity contribution in [1.82, 2.24) is 4.57 Å². The van der Waals surface area contributed by atoms with Crippen molar-refractivity contribution in [2.75, 3.05) is 21.9 Å². The van der Waals surface area contributed by atoms with E-state index in [2.05, 4.69) is 5.32 Å². The first-order valence-corrected chi connectivity index (χ1v) is 10.5. The van der Waals surface area contributed by atoms with Crippen molar-refractivity contribution in [3.63, 3.8) is 0 Å². The van der Waals surface area contributed by atoms with Crippen LogP contribution in [0.15, 0.2) is 54.7 Å². The van der Waals surface area contributed by atoms with Crippen LogP contribution >= 0.6 is 0 Å². The van der Waals surface area contributed by atoms with Gasteiger partial charge in [-0.25, -0.2) is 8.42 Å². The Hall–Kier alpha value is -2.80. The molecule has 1 aliphatic heterocycles. The Balaban J connectivity index is 1.52. The molecule has 0 saturated carbocycles. The predicted molar refractivity (Wildman–Crippen MR) is 108 cm³/mol. The van der Waals surface area contributed by atoms with Crippen molar-refractivity contribution in [3.8, 4) is 0 Å². The number of aryl methyl sites for hydroxylation is 1. The number of sulfonamides is 1. The van der Waals surface area contributed by atoms with Gasteiger partial charge in [-0.1, -0.05) is 6.07 Å². The lowest BCUT2D eigenvalue weighted by atomic mass is 10.1. The molecule has 1 fully saturated rings. The number of nitrogens with zero attached hydrogens (tertiary/aromatic N) is 2. The molecule has 27 heavy (non-hydrogen) atoms. The van der Waals surface area contributed by atoms with Gasteiger partial charge in [-0.2, -0.15) is 0 Å². The van der Waals surface area contributed by atoms with Crippen molar-refractivity contribution < 1.29 is 13.2 Å². The molecule has 1 N–H and O–H groups in total. The van der Waals surface area contributed by atoms with E-state index in [-0.39, 0.29) is 11.7 Å². The zero-order valence-corrected chi connectivity index (χ0v) is 15.9. The SMILES string of the molecule is Cn1ccc2ccc(C(=O)Nc3ccc(N4CCCCS4(=O)=O)cc3)cc21. The summed E-state index contributed by atoms with van der Waals surface area (Å²) in [5.74, 6) is -0.0101. The lowest BCUT2D eigenvalue weighted by molar-refractivity contribution is 0.102. The van der Waals surface area contributed by atoms with Gasteiger partial charge in [0.25, 0.3) is 5.91 Å². The lowest BCUT2D eigenvalue weighted by Gasteiger charge is -2.28. The summed E-state index contributed by atoms with van der Waals surface area (Å²) in [6, 6.07) is 14.5. The minimum Gasteiger partial charge on any atom is -0.351 e. The molecule has 0 spiro atoms. The normalized spacial score (nSPS) is 16.4. The number of hydrogen-bond acceptors (Lipinski definition) is 3. The van der Waals surface area contributed by atoms with Gasteiger partial charge < -0.3 is 9.88 Å². The Morgan fingerprint density at radius 3 is 2.56 bits per heavy atom. The van der Waals surface area contributed by atoms with E-state index in [1.54, 1.807) is 30.3 Å². The zero-order chi connectivity index (χ0) is 19.0. The number of amides is 1. The maximum Gasteiger partial charge on any atom is 0.255 e. The van der Waals surface area contributed by atoms with Crippen LogP contribution in [-0.4, -0.2) is 31.2 Å². The van der Waals surface area contributed by atoms with Gasteiger partial charge >= 0.3 is 0 Å². The third-order valence-corrected chi connectivity index (χ3v) is 6.78. The molecule has 140 valence electrons. The fourth-order valence-corrected chi connectivity index (χ4v) is 5.04. The van der Waals surface area contributed by atoms with Crippen LogP contribution in [-0.2, 0) is 17.1 Å². The number of aromatic nitrogens is 1. The summed E-state index contributed by atoms with van der Waals surface area (Å²) in [5, 5.41) is 3.95. The highest BCUT2D eigenvalue weighted by Gasteiger charge is 2.25. The summed E-state index contributed by atoms with van der Waals surface area (Å²) in [4.78, 5) is 12.6. The second-order valence-electron chi connectivity index (χ2n) is 6.80. The third-order valence-electron chi connectivity index (χ3n) is 4.91. The third kappa shape index (κ3) is 3.42. The average molecular weight is 383 g/mol. The number of hydrogen-bond donors (Lipinski definition) is 1. The minimum atomic E-state index is -3.23. The van der Waals surface area contributed by atoms with Gasteiger partial charge in [0.1, 0.15) is 0 Å². The van der Waals surface area contributed by atoms with Crippen LogP contribution in [0.1, 0.15) is 23.2 Å². The fraction of sp³-hybridized carbons (Fsp3) is 0.250. The summed E-state index contributed by atoms with van der Waals surface area (Å²) in [7, 11) is -1.29. The van der Waals surface area contributed by atoms with Gasteiger partial charge in [0.15, 0.2) is 0 Å². The summed E-state index contributed by atoms with van der Waals surface area (Å²) in [5.41, 5.74) is 2.84. The summed E-state index contributed by atoms with van der Waals surface area (Å²) >= 11 is 0. The van der Waals surface area contributed by atoms with E-state index < -0.39 is 10.0 Å². The molecule has 1 saturated heterocycles. The lowest BCUT2D eigenvalue weighted by Crippen LogP contribution is -2.37. The highest BCUT2D eigenvalue weighted by atomic mass is 32.2. The molecular formula is C20H21N3O3S. The minimum absolute atomic E-state index is 0.188. The number of benzene rings is 2. The molecule has 4 rings (SSSR count). The van der Waals surface area contributed by atoms with E-state index >= 15 is 0 Å². The molecule has 0 radical (unpaired) electrons. The first-order valence-electron chi connectivity index (χ1n) is 8.91. The first kappa shape index (κ1) is 17.6. The van der Waals surface area contributed by atoms with Crippen molar-refractivity contribution in [3.05, 3.63) is 60.3 Å². The molecule has 0 unspecified atom stereocenters. The molecule has 0 atom stereocenters. The standard InChI is InChI=1S/C20H21N3O3S/c1-22-12-10-15-4-5-16(14-19(15)22)20(24)21-17-6-8-18(9-7-17)23-11-2-3-13-27(23,25)26/h4-10,12,14H,2-3,11,13H2,1H3,(H,21,24). The highest BCUT2D eigenvalue weighted by molar-refractivity contribution is 7.92. The maximum atomic E-state index is 12.6. The second kappa shape index (κ2) is 6.74. The molecule has 2 aromatic carbocycles. The van der Waals surface area contributed by atoms with Crippen LogP contribution in [0.2, 0.25) is 0 Å². The van der Waals surface area contributed by atoms with Crippen LogP contribution in [0.25, 0.3) is 10.9 Å². The summed E-state index contributed by atoms with van der Waals surface area (Å²) < 4.78 is 27.8. The van der Waals surface area contributed by atoms with Gasteiger partial charge in [-0.3, -0.25) is 9.10 Å². The van der Waals surface area contributed by atoms with Crippen molar-refractivity contribution in [2.24, 2.45) is 7.05 Å². The van der Waals surface area contributed by atoms with E-state index in [0.717, 1.165) is 17.3 Å². The number of carbonyl (C=O) groups excluding carboxylic acids is 1. The van der Waals surface area contributed by atoms with E-state index in [4.69, 9.17) is 0 Å². The highest BCUT2D eigenvalue weighted by Crippen LogP contribution is 2.25. The zero-order valence-electron chi connectivity index (χ0n) is 15.1. The van der Waals surface area contributed by atoms with E-state index in [1.807, 2.05) is 36.0 Å². The van der Waals surface area contributed by atoms with Gasteiger partial charge in [0.05, 0.1) is 11.4 Å². The Kier molecular flexibility index (Phi) is 4.39. The van der Waals surface area contributed by atoms with E-state index in [0.29, 0.717) is 29.9 Å². The van der Waals surface area contributed by atoms with Crippen LogP contribution in [0, 0.1) is 0 Å². The molecule has 1 aromatic heterocycles. The van der Waals surface area contributed by atoms with Crippen molar-refractivity contribution >= 4 is 38.2 Å². The van der Waals surface area contributed by atoms with Crippen LogP contribution < -0.4 is 9.62 Å². The second-order valence-corrected chi connectivity index (χ2v) is 8.81. The van der Waals surface area contributed by atoms with Gasteiger partial charge in [-0.05, 0) is 60.7 Å². The summed E-state index contributed by atoms with van der Waals surface area (Å²) in [6.07, 6.45) is 3.53. The van der Waals surface area contributed by atoms with Gasteiger partial charge in [0, 0.05) is 36.6 Å². The number of carbonyl (C=O) groups is 1. The largest absolute Gasteiger partial charge is 0.351 e. The molecule has 6 nitrogen and oxygen atoms in total. The molecule has 3 aromatic rings. The molecular weight excluding hydrogens is 362 g/mol. The first-order chi connectivity index (χ1) is 12.9. The maximum absolute atomic E-state index is 12.6. The topological polar surface area (TPSA) is 71.4 Å². The number of fused-ring (bicyclic) bond motifs is 1. The van der Waals surface area contributed by atoms with E-state index in [9.17, 15) is 13.2 Å². The van der Waals surface area contributed by atoms with Crippen LogP contribution in [0.5, 0.6) is 0 Å². The number of anilines is 2. The van der Waals surface area contributed by atoms with Gasteiger partial charge in [-0.15, -0.1) is 0 Å². The van der Waals surface area contributed by atoms with Gasteiger partial charge in [0.2, 0.25) is 10.0 Å². The van der Waals surface area contributed by atoms with Crippen LogP contribution in [0.4, 0.5) is 11.4 Å². The number of rotatable bonds is 3. The van der Waals surface area contributed by atoms with Crippen LogP contribution in [0.3, 0.4) is 0 Å². The molecule has 1 amide bonds. The average Bonchev–Trinajstić information content (AvgIpc) is 3.03. The Morgan fingerprint density at radius 1 is 1.04 bits per heavy atom. The fourth-order valence-electron chi connectivity index (χ4n) is 3.40. The van der Waals surface area contributed by atoms with E-state index in [1.165, 1.54) is 4.31 Å². The quantitative estimate of drug-likeness (QED) is 0.754. The predicted octanol–water partition coefficient (Wildman–Crippen LogP) is 3.36. The molecule has 7 heteroatoms. The molecule has 0 bridgehead atoms. The van der Waals surface area contributed by atoms with Crippen molar-refractivity contribution in [1.29, 1.82) is 0 Å². The molecule has 0 aliphatic carbocycles. The monoisotopic (exact) mass is 383 g/mol. The molecule has 2 heterocycles. The number of nitrogens with one attached hydrogen (secondary N) is 1.